The maximum absolute atomic E-state index is 13.0. The molecule has 1 aromatic carbocycles. The third-order valence-electron chi connectivity index (χ3n) is 5.48. The van der Waals surface area contributed by atoms with Crippen molar-refractivity contribution in [2.24, 2.45) is 5.92 Å². The predicted molar refractivity (Wildman–Crippen MR) is 106 cm³/mol. The molecule has 3 rings (SSSR count). The van der Waals surface area contributed by atoms with E-state index in [-0.39, 0.29) is 23.8 Å². The van der Waals surface area contributed by atoms with Crippen molar-refractivity contribution in [3.05, 3.63) is 29.8 Å². The molecule has 2 fully saturated rings. The van der Waals surface area contributed by atoms with Crippen LogP contribution in [0.15, 0.2) is 24.3 Å². The van der Waals surface area contributed by atoms with Crippen LogP contribution in [0, 0.1) is 5.92 Å². The molecule has 1 aliphatic carbocycles. The first kappa shape index (κ1) is 20.2. The van der Waals surface area contributed by atoms with Gasteiger partial charge in [-0.1, -0.05) is 31.4 Å². The fourth-order valence-electron chi connectivity index (χ4n) is 3.86. The Morgan fingerprint density at radius 2 is 1.64 bits per heavy atom. The van der Waals surface area contributed by atoms with E-state index in [1.54, 1.807) is 34.9 Å². The van der Waals surface area contributed by atoms with Crippen LogP contribution in [0.4, 0.5) is 10.5 Å². The maximum Gasteiger partial charge on any atom is 0.409 e. The first-order valence-corrected chi connectivity index (χ1v) is 10.2. The van der Waals surface area contributed by atoms with E-state index < -0.39 is 0 Å². The van der Waals surface area contributed by atoms with Gasteiger partial charge in [-0.15, -0.1) is 0 Å². The van der Waals surface area contributed by atoms with Crippen molar-refractivity contribution in [3.63, 3.8) is 0 Å². The average molecular weight is 387 g/mol. The Labute approximate surface area is 166 Å². The highest BCUT2D eigenvalue weighted by molar-refractivity contribution is 6.04. The molecular weight excluding hydrogens is 358 g/mol. The Balaban J connectivity index is 1.63. The zero-order valence-electron chi connectivity index (χ0n) is 16.5. The Hall–Kier alpha value is -2.57. The van der Waals surface area contributed by atoms with Crippen molar-refractivity contribution >= 4 is 23.6 Å². The van der Waals surface area contributed by atoms with Crippen LogP contribution in [0.2, 0.25) is 0 Å². The highest BCUT2D eigenvalue weighted by atomic mass is 16.6. The number of anilines is 1. The number of carbonyl (C=O) groups is 3. The van der Waals surface area contributed by atoms with E-state index in [1.807, 2.05) is 6.07 Å². The fraction of sp³-hybridized carbons (Fsp3) is 0.571. The molecule has 7 heteroatoms. The second-order valence-electron chi connectivity index (χ2n) is 7.35. The van der Waals surface area contributed by atoms with Gasteiger partial charge in [-0.2, -0.15) is 0 Å². The van der Waals surface area contributed by atoms with E-state index >= 15 is 0 Å². The highest BCUT2D eigenvalue weighted by Gasteiger charge is 2.28. The third-order valence-corrected chi connectivity index (χ3v) is 5.48. The quantitative estimate of drug-likeness (QED) is 0.861. The number of nitrogens with zero attached hydrogens (tertiary/aromatic N) is 2. The number of hydrogen-bond donors (Lipinski definition) is 1. The van der Waals surface area contributed by atoms with E-state index in [0.29, 0.717) is 44.0 Å². The number of carbonyl (C=O) groups excluding carboxylic acids is 3. The van der Waals surface area contributed by atoms with Gasteiger partial charge < -0.3 is 19.9 Å². The SMILES string of the molecule is CCOC(=O)N1CCN(C(=O)c2ccccc2NC(=O)C2CCCCC2)CC1. The minimum absolute atomic E-state index is 0.00656. The van der Waals surface area contributed by atoms with Crippen molar-refractivity contribution in [3.8, 4) is 0 Å². The van der Waals surface area contributed by atoms with Crippen molar-refractivity contribution < 1.29 is 19.1 Å². The number of benzene rings is 1. The number of nitrogens with one attached hydrogen (secondary N) is 1. The van der Waals surface area contributed by atoms with Crippen LogP contribution in [0.25, 0.3) is 0 Å². The van der Waals surface area contributed by atoms with E-state index in [2.05, 4.69) is 5.32 Å². The summed E-state index contributed by atoms with van der Waals surface area (Å²) in [6, 6.07) is 7.16. The summed E-state index contributed by atoms with van der Waals surface area (Å²) in [5.74, 6) is -0.0832. The van der Waals surface area contributed by atoms with Gasteiger partial charge in [0.05, 0.1) is 17.9 Å². The molecule has 0 unspecified atom stereocenters. The molecule has 1 saturated carbocycles. The molecule has 1 heterocycles. The van der Waals surface area contributed by atoms with Crippen LogP contribution in [0.3, 0.4) is 0 Å². The lowest BCUT2D eigenvalue weighted by Crippen LogP contribution is -2.50. The van der Waals surface area contributed by atoms with Crippen LogP contribution in [0.1, 0.15) is 49.4 Å². The van der Waals surface area contributed by atoms with Gasteiger partial charge in [0.25, 0.3) is 5.91 Å². The molecule has 28 heavy (non-hydrogen) atoms. The van der Waals surface area contributed by atoms with Gasteiger partial charge in [0.2, 0.25) is 5.91 Å². The summed E-state index contributed by atoms with van der Waals surface area (Å²) >= 11 is 0. The van der Waals surface area contributed by atoms with E-state index in [0.717, 1.165) is 25.7 Å². The van der Waals surface area contributed by atoms with E-state index in [1.165, 1.54) is 6.42 Å². The molecule has 0 atom stereocenters. The molecule has 3 amide bonds. The Morgan fingerprint density at radius 1 is 1.00 bits per heavy atom. The van der Waals surface area contributed by atoms with Gasteiger partial charge in [0.1, 0.15) is 0 Å². The molecule has 0 radical (unpaired) electrons. The summed E-state index contributed by atoms with van der Waals surface area (Å²) < 4.78 is 5.02. The van der Waals surface area contributed by atoms with E-state index in [4.69, 9.17) is 4.74 Å². The first-order chi connectivity index (χ1) is 13.6. The lowest BCUT2D eigenvalue weighted by molar-refractivity contribution is -0.120. The predicted octanol–water partition coefficient (Wildman–Crippen LogP) is 3.12. The Kier molecular flexibility index (Phi) is 6.90. The number of rotatable bonds is 4. The molecule has 0 spiro atoms. The summed E-state index contributed by atoms with van der Waals surface area (Å²) in [7, 11) is 0. The second-order valence-corrected chi connectivity index (χ2v) is 7.35. The average Bonchev–Trinajstić information content (AvgIpc) is 2.74. The molecule has 152 valence electrons. The van der Waals surface area contributed by atoms with Crippen molar-refractivity contribution in [1.82, 2.24) is 9.80 Å². The minimum Gasteiger partial charge on any atom is -0.450 e. The lowest BCUT2D eigenvalue weighted by atomic mass is 9.88. The standard InChI is InChI=1S/C21H29N3O4/c1-2-28-21(27)24-14-12-23(13-15-24)20(26)17-10-6-7-11-18(17)22-19(25)16-8-4-3-5-9-16/h6-7,10-11,16H,2-5,8-9,12-15H2,1H3,(H,22,25). The smallest absolute Gasteiger partial charge is 0.409 e. The highest BCUT2D eigenvalue weighted by Crippen LogP contribution is 2.26. The summed E-state index contributed by atoms with van der Waals surface area (Å²) in [6.07, 6.45) is 4.86. The molecule has 7 nitrogen and oxygen atoms in total. The number of piperazine rings is 1. The van der Waals surface area contributed by atoms with Gasteiger partial charge in [-0.3, -0.25) is 9.59 Å². The molecule has 0 aromatic heterocycles. The summed E-state index contributed by atoms with van der Waals surface area (Å²) in [4.78, 5) is 40.8. The number of ether oxygens (including phenoxy) is 1. The van der Waals surface area contributed by atoms with Crippen molar-refractivity contribution in [2.45, 2.75) is 39.0 Å². The zero-order valence-corrected chi connectivity index (χ0v) is 16.5. The number of hydrogen-bond acceptors (Lipinski definition) is 4. The van der Waals surface area contributed by atoms with Crippen molar-refractivity contribution in [1.29, 1.82) is 0 Å². The van der Waals surface area contributed by atoms with Gasteiger partial charge >= 0.3 is 6.09 Å². The largest absolute Gasteiger partial charge is 0.450 e. The van der Waals surface area contributed by atoms with Gasteiger partial charge in [-0.25, -0.2) is 4.79 Å². The third kappa shape index (κ3) is 4.82. The second kappa shape index (κ2) is 9.57. The van der Waals surface area contributed by atoms with Crippen LogP contribution in [-0.4, -0.2) is 60.5 Å². The summed E-state index contributed by atoms with van der Waals surface area (Å²) in [5.41, 5.74) is 1.06. The fourth-order valence-corrected chi connectivity index (χ4v) is 3.86. The topological polar surface area (TPSA) is 79.0 Å². The van der Waals surface area contributed by atoms with E-state index in [9.17, 15) is 14.4 Å². The van der Waals surface area contributed by atoms with Crippen LogP contribution in [0.5, 0.6) is 0 Å². The van der Waals surface area contributed by atoms with Gasteiger partial charge in [0.15, 0.2) is 0 Å². The summed E-state index contributed by atoms with van der Waals surface area (Å²) in [6.45, 7) is 3.90. The Morgan fingerprint density at radius 3 is 2.32 bits per heavy atom. The molecule has 2 aliphatic rings. The molecule has 1 saturated heterocycles. The summed E-state index contributed by atoms with van der Waals surface area (Å²) in [5, 5.41) is 2.97. The normalized spacial score (nSPS) is 17.9. The zero-order chi connectivity index (χ0) is 19.9. The minimum atomic E-state index is -0.338. The van der Waals surface area contributed by atoms with Crippen LogP contribution < -0.4 is 5.32 Å². The lowest BCUT2D eigenvalue weighted by Gasteiger charge is -2.34. The number of para-hydroxylation sites is 1. The first-order valence-electron chi connectivity index (χ1n) is 10.2. The molecule has 1 aromatic rings. The van der Waals surface area contributed by atoms with Gasteiger partial charge in [-0.05, 0) is 31.9 Å². The van der Waals surface area contributed by atoms with Crippen LogP contribution >= 0.6 is 0 Å². The van der Waals surface area contributed by atoms with Crippen LogP contribution in [-0.2, 0) is 9.53 Å². The Bertz CT molecular complexity index is 707. The van der Waals surface area contributed by atoms with Crippen molar-refractivity contribution in [2.75, 3.05) is 38.1 Å². The maximum atomic E-state index is 13.0. The van der Waals surface area contributed by atoms with Gasteiger partial charge in [0, 0.05) is 32.1 Å². The molecule has 1 N–H and O–H groups in total. The monoisotopic (exact) mass is 387 g/mol. The molecule has 0 bridgehead atoms. The molecule has 1 aliphatic heterocycles. The molecular formula is C21H29N3O4. The number of amides is 3.